The summed E-state index contributed by atoms with van der Waals surface area (Å²) in [5, 5.41) is 22.8. The number of carboxylic acid groups (broad SMARTS) is 1. The Hall–Kier alpha value is -3.14. The van der Waals surface area contributed by atoms with E-state index in [1.807, 2.05) is 13.0 Å². The lowest BCUT2D eigenvalue weighted by Gasteiger charge is -2.39. The number of nitrogens with zero attached hydrogens (tertiary/aromatic N) is 4. The van der Waals surface area contributed by atoms with Crippen LogP contribution in [0.15, 0.2) is 36.7 Å². The number of benzene rings is 1. The number of likely N-dealkylation sites (tertiary alicyclic amines) is 1. The molecule has 128 valence electrons. The molecule has 1 aliphatic rings. The number of aliphatic carboxylic acids is 1. The minimum Gasteiger partial charge on any atom is -0.479 e. The van der Waals surface area contributed by atoms with Gasteiger partial charge in [-0.05, 0) is 36.8 Å². The summed E-state index contributed by atoms with van der Waals surface area (Å²) in [5.74, 6) is -1.08. The summed E-state index contributed by atoms with van der Waals surface area (Å²) in [6.45, 7) is 2.54. The number of carboxylic acids is 1. The van der Waals surface area contributed by atoms with Crippen LogP contribution in [0.3, 0.4) is 0 Å². The highest BCUT2D eigenvalue weighted by atomic mass is 16.4. The second kappa shape index (κ2) is 6.40. The number of nitriles is 1. The highest BCUT2D eigenvalue weighted by molar-refractivity contribution is 5.94. The van der Waals surface area contributed by atoms with Gasteiger partial charge in [-0.2, -0.15) is 10.4 Å². The number of rotatable bonds is 3. The molecule has 0 atom stereocenters. The Morgan fingerprint density at radius 3 is 2.36 bits per heavy atom. The summed E-state index contributed by atoms with van der Waals surface area (Å²) >= 11 is 0. The first kappa shape index (κ1) is 16.7. The molecule has 0 unspecified atom stereocenters. The standard InChI is InChI=1S/C18H18N4O3/c1-13-11-20-22(12-13)18(17(24)25)6-8-21(9-7-18)16(23)15-4-2-14(10-19)3-5-15/h2-5,11-12H,6-9H2,1H3,(H,24,25). The van der Waals surface area contributed by atoms with Crippen molar-refractivity contribution in [1.29, 1.82) is 5.26 Å². The van der Waals surface area contributed by atoms with Crippen LogP contribution in [0.1, 0.15) is 34.3 Å². The Bertz CT molecular complexity index is 840. The van der Waals surface area contributed by atoms with Crippen LogP contribution in [0.25, 0.3) is 0 Å². The molecule has 1 saturated heterocycles. The zero-order valence-corrected chi connectivity index (χ0v) is 13.8. The molecule has 1 fully saturated rings. The Labute approximate surface area is 145 Å². The molecule has 1 aromatic heterocycles. The second-order valence-electron chi connectivity index (χ2n) is 6.28. The average Bonchev–Trinajstić information content (AvgIpc) is 3.08. The molecule has 1 N–H and O–H groups in total. The van der Waals surface area contributed by atoms with Gasteiger partial charge in [-0.15, -0.1) is 0 Å². The molecule has 0 aliphatic carbocycles. The topological polar surface area (TPSA) is 99.2 Å². The van der Waals surface area contributed by atoms with E-state index in [2.05, 4.69) is 5.10 Å². The van der Waals surface area contributed by atoms with Crippen molar-refractivity contribution in [3.63, 3.8) is 0 Å². The highest BCUT2D eigenvalue weighted by Gasteiger charge is 2.45. The second-order valence-corrected chi connectivity index (χ2v) is 6.28. The Morgan fingerprint density at radius 2 is 1.88 bits per heavy atom. The van der Waals surface area contributed by atoms with E-state index in [1.165, 1.54) is 4.68 Å². The van der Waals surface area contributed by atoms with Gasteiger partial charge in [0.25, 0.3) is 5.91 Å². The van der Waals surface area contributed by atoms with Gasteiger partial charge in [0.2, 0.25) is 0 Å². The summed E-state index contributed by atoms with van der Waals surface area (Å²) in [4.78, 5) is 26.2. The van der Waals surface area contributed by atoms with Crippen LogP contribution < -0.4 is 0 Å². The van der Waals surface area contributed by atoms with Crippen molar-refractivity contribution in [3.8, 4) is 6.07 Å². The summed E-state index contributed by atoms with van der Waals surface area (Å²) < 4.78 is 1.51. The molecule has 7 nitrogen and oxygen atoms in total. The quantitative estimate of drug-likeness (QED) is 0.919. The van der Waals surface area contributed by atoms with Gasteiger partial charge in [0.05, 0.1) is 17.8 Å². The molecule has 1 aliphatic heterocycles. The number of hydrogen-bond donors (Lipinski definition) is 1. The van der Waals surface area contributed by atoms with Gasteiger partial charge < -0.3 is 10.0 Å². The smallest absolute Gasteiger partial charge is 0.331 e. The first-order valence-corrected chi connectivity index (χ1v) is 8.01. The lowest BCUT2D eigenvalue weighted by atomic mass is 9.87. The number of piperidine rings is 1. The Balaban J connectivity index is 1.76. The zero-order valence-electron chi connectivity index (χ0n) is 13.8. The lowest BCUT2D eigenvalue weighted by Crippen LogP contribution is -2.52. The fourth-order valence-electron chi connectivity index (χ4n) is 3.14. The largest absolute Gasteiger partial charge is 0.479 e. The van der Waals surface area contributed by atoms with E-state index in [-0.39, 0.29) is 5.91 Å². The van der Waals surface area contributed by atoms with E-state index in [0.29, 0.717) is 37.1 Å². The molecule has 2 aromatic rings. The molecule has 7 heteroatoms. The summed E-state index contributed by atoms with van der Waals surface area (Å²) in [6, 6.07) is 8.46. The molecule has 25 heavy (non-hydrogen) atoms. The Morgan fingerprint density at radius 1 is 1.24 bits per heavy atom. The summed E-state index contributed by atoms with van der Waals surface area (Å²) in [6.07, 6.45) is 3.96. The van der Waals surface area contributed by atoms with E-state index < -0.39 is 11.5 Å². The zero-order chi connectivity index (χ0) is 18.0. The SMILES string of the molecule is Cc1cnn(C2(C(=O)O)CCN(C(=O)c3ccc(C#N)cc3)CC2)c1. The molecule has 0 bridgehead atoms. The van der Waals surface area contributed by atoms with Crippen LogP contribution in [0.4, 0.5) is 0 Å². The number of amides is 1. The normalized spacial score (nSPS) is 16.2. The third-order valence-corrected chi connectivity index (χ3v) is 4.69. The fourth-order valence-corrected chi connectivity index (χ4v) is 3.14. The van der Waals surface area contributed by atoms with Gasteiger partial charge in [-0.3, -0.25) is 9.48 Å². The number of carbonyl (C=O) groups is 2. The molecule has 0 saturated carbocycles. The van der Waals surface area contributed by atoms with Gasteiger partial charge in [-0.25, -0.2) is 4.79 Å². The van der Waals surface area contributed by atoms with Crippen LogP contribution in [0, 0.1) is 18.3 Å². The van der Waals surface area contributed by atoms with Gasteiger partial charge >= 0.3 is 5.97 Å². The molecule has 2 heterocycles. The molecule has 3 rings (SSSR count). The van der Waals surface area contributed by atoms with Crippen molar-refractivity contribution in [2.75, 3.05) is 13.1 Å². The lowest BCUT2D eigenvalue weighted by molar-refractivity contribution is -0.150. The maximum atomic E-state index is 12.6. The van der Waals surface area contributed by atoms with E-state index in [4.69, 9.17) is 5.26 Å². The summed E-state index contributed by atoms with van der Waals surface area (Å²) in [7, 11) is 0. The fraction of sp³-hybridized carbons (Fsp3) is 0.333. The first-order valence-electron chi connectivity index (χ1n) is 8.01. The van der Waals surface area contributed by atoms with Crippen molar-refractivity contribution in [3.05, 3.63) is 53.3 Å². The Kier molecular flexibility index (Phi) is 4.28. The monoisotopic (exact) mass is 338 g/mol. The molecular formula is C18H18N4O3. The van der Waals surface area contributed by atoms with Crippen LogP contribution in [0.2, 0.25) is 0 Å². The third-order valence-electron chi connectivity index (χ3n) is 4.69. The van der Waals surface area contributed by atoms with Crippen molar-refractivity contribution < 1.29 is 14.7 Å². The van der Waals surface area contributed by atoms with Crippen LogP contribution in [-0.2, 0) is 10.3 Å². The van der Waals surface area contributed by atoms with Crippen molar-refractivity contribution in [1.82, 2.24) is 14.7 Å². The highest BCUT2D eigenvalue weighted by Crippen LogP contribution is 2.31. The minimum atomic E-state index is -1.12. The number of hydrogen-bond acceptors (Lipinski definition) is 4. The van der Waals surface area contributed by atoms with Crippen LogP contribution >= 0.6 is 0 Å². The van der Waals surface area contributed by atoms with E-state index in [0.717, 1.165) is 5.56 Å². The molecule has 0 spiro atoms. The predicted octanol–water partition coefficient (Wildman–Crippen LogP) is 1.78. The van der Waals surface area contributed by atoms with Gasteiger partial charge in [0.1, 0.15) is 0 Å². The maximum absolute atomic E-state index is 12.6. The molecule has 0 radical (unpaired) electrons. The predicted molar refractivity (Wildman–Crippen MR) is 88.9 cm³/mol. The third kappa shape index (κ3) is 2.98. The van der Waals surface area contributed by atoms with Crippen molar-refractivity contribution >= 4 is 11.9 Å². The maximum Gasteiger partial charge on any atom is 0.331 e. The number of aryl methyl sites for hydroxylation is 1. The van der Waals surface area contributed by atoms with E-state index in [9.17, 15) is 14.7 Å². The molecular weight excluding hydrogens is 320 g/mol. The van der Waals surface area contributed by atoms with Crippen molar-refractivity contribution in [2.24, 2.45) is 0 Å². The summed E-state index contributed by atoms with van der Waals surface area (Å²) in [5.41, 5.74) is 0.776. The van der Waals surface area contributed by atoms with Gasteiger partial charge in [-0.1, -0.05) is 0 Å². The molecule has 1 amide bonds. The van der Waals surface area contributed by atoms with Crippen LogP contribution in [-0.4, -0.2) is 44.8 Å². The molecule has 1 aromatic carbocycles. The van der Waals surface area contributed by atoms with Gasteiger partial charge in [0.15, 0.2) is 5.54 Å². The first-order chi connectivity index (χ1) is 12.0. The minimum absolute atomic E-state index is 0.153. The van der Waals surface area contributed by atoms with E-state index >= 15 is 0 Å². The average molecular weight is 338 g/mol. The van der Waals surface area contributed by atoms with Crippen molar-refractivity contribution in [2.45, 2.75) is 25.3 Å². The number of aromatic nitrogens is 2. The number of carbonyl (C=O) groups excluding carboxylic acids is 1. The van der Waals surface area contributed by atoms with Gasteiger partial charge in [0, 0.05) is 37.7 Å². The van der Waals surface area contributed by atoms with E-state index in [1.54, 1.807) is 41.6 Å². The van der Waals surface area contributed by atoms with Crippen LogP contribution in [0.5, 0.6) is 0 Å².